The molecule has 102 valence electrons. The van der Waals surface area contributed by atoms with Gasteiger partial charge in [0, 0.05) is 16.8 Å². The lowest BCUT2D eigenvalue weighted by molar-refractivity contribution is 0.906. The number of rotatable bonds is 3. The first-order valence-corrected chi connectivity index (χ1v) is 7.82. The molecule has 0 atom stereocenters. The maximum absolute atomic E-state index is 5.93. The molecule has 0 saturated heterocycles. The minimum atomic E-state index is 0.566. The highest BCUT2D eigenvalue weighted by Gasteiger charge is 2.13. The molecule has 0 saturated carbocycles. The third-order valence-corrected chi connectivity index (χ3v) is 4.04. The predicted octanol–water partition coefficient (Wildman–Crippen LogP) is 4.88. The van der Waals surface area contributed by atoms with Gasteiger partial charge >= 0.3 is 0 Å². The largest absolute Gasteiger partial charge is 0.296 e. The number of para-hydroxylation sites is 2. The van der Waals surface area contributed by atoms with Crippen LogP contribution in [-0.2, 0) is 6.42 Å². The van der Waals surface area contributed by atoms with Crippen LogP contribution < -0.4 is 0 Å². The smallest absolute Gasteiger partial charge is 0.115 e. The molecular weight excluding hydrogens is 336 g/mol. The number of halogens is 2. The van der Waals surface area contributed by atoms with E-state index in [1.54, 1.807) is 0 Å². The highest BCUT2D eigenvalue weighted by Crippen LogP contribution is 2.26. The third-order valence-electron chi connectivity index (χ3n) is 3.36. The minimum absolute atomic E-state index is 0.566. The van der Waals surface area contributed by atoms with Crippen molar-refractivity contribution in [2.75, 3.05) is 5.88 Å². The van der Waals surface area contributed by atoms with E-state index < -0.39 is 0 Å². The molecule has 0 aliphatic heterocycles. The zero-order valence-corrected chi connectivity index (χ0v) is 13.4. The molecule has 3 aromatic rings. The fourth-order valence-electron chi connectivity index (χ4n) is 2.42. The maximum Gasteiger partial charge on any atom is 0.115 e. The number of fused-ring (bicyclic) bond motifs is 1. The molecule has 0 aliphatic rings. The van der Waals surface area contributed by atoms with Crippen molar-refractivity contribution in [2.45, 2.75) is 13.3 Å². The molecule has 4 heteroatoms. The summed E-state index contributed by atoms with van der Waals surface area (Å²) in [5.41, 5.74) is 4.49. The van der Waals surface area contributed by atoms with Crippen LogP contribution in [0, 0.1) is 6.92 Å². The average Bonchev–Trinajstić information content (AvgIpc) is 2.80. The molecule has 0 amide bonds. The van der Waals surface area contributed by atoms with E-state index in [2.05, 4.69) is 51.7 Å². The summed E-state index contributed by atoms with van der Waals surface area (Å²) in [5, 5.41) is 0. The highest BCUT2D eigenvalue weighted by atomic mass is 79.9. The molecule has 2 nitrogen and oxygen atoms in total. The summed E-state index contributed by atoms with van der Waals surface area (Å²) >= 11 is 9.48. The second kappa shape index (κ2) is 5.58. The predicted molar refractivity (Wildman–Crippen MR) is 87.9 cm³/mol. The lowest BCUT2D eigenvalue weighted by atomic mass is 10.2. The summed E-state index contributed by atoms with van der Waals surface area (Å²) < 4.78 is 3.27. The summed E-state index contributed by atoms with van der Waals surface area (Å²) in [6, 6.07) is 14.5. The molecule has 20 heavy (non-hydrogen) atoms. The fraction of sp³-hybridized carbons (Fsp3) is 0.188. The molecular formula is C16H14BrClN2. The summed E-state index contributed by atoms with van der Waals surface area (Å²) in [7, 11) is 0. The van der Waals surface area contributed by atoms with Gasteiger partial charge in [0.1, 0.15) is 5.82 Å². The van der Waals surface area contributed by atoms with Gasteiger partial charge in [-0.25, -0.2) is 4.98 Å². The molecule has 0 aliphatic carbocycles. The quantitative estimate of drug-likeness (QED) is 0.616. The van der Waals surface area contributed by atoms with Crippen LogP contribution in [0.4, 0.5) is 0 Å². The van der Waals surface area contributed by atoms with E-state index >= 15 is 0 Å². The van der Waals surface area contributed by atoms with Crippen LogP contribution in [0.2, 0.25) is 0 Å². The van der Waals surface area contributed by atoms with Gasteiger partial charge in [-0.1, -0.05) is 34.1 Å². The number of hydrogen-bond acceptors (Lipinski definition) is 1. The Morgan fingerprint density at radius 1 is 1.20 bits per heavy atom. The zero-order chi connectivity index (χ0) is 14.1. The minimum Gasteiger partial charge on any atom is -0.296 e. The van der Waals surface area contributed by atoms with Gasteiger partial charge in [-0.3, -0.25) is 4.57 Å². The number of imidazole rings is 1. The van der Waals surface area contributed by atoms with E-state index in [4.69, 9.17) is 16.6 Å². The first-order chi connectivity index (χ1) is 9.70. The number of aryl methyl sites for hydroxylation is 2. The number of alkyl halides is 1. The standard InChI is InChI=1S/C16H14BrClN2/c1-11-6-7-12(17)10-15(11)20-14-5-3-2-4-13(14)19-16(20)8-9-18/h2-7,10H,8-9H2,1H3. The van der Waals surface area contributed by atoms with Gasteiger partial charge in [0.05, 0.1) is 16.7 Å². The van der Waals surface area contributed by atoms with Gasteiger partial charge in [-0.05, 0) is 36.8 Å². The van der Waals surface area contributed by atoms with Crippen LogP contribution in [0.25, 0.3) is 16.7 Å². The Morgan fingerprint density at radius 3 is 2.80 bits per heavy atom. The van der Waals surface area contributed by atoms with Crippen molar-refractivity contribution in [3.05, 3.63) is 58.3 Å². The Morgan fingerprint density at radius 2 is 2.00 bits per heavy atom. The average molecular weight is 350 g/mol. The summed E-state index contributed by atoms with van der Waals surface area (Å²) in [4.78, 5) is 4.71. The Labute approximate surface area is 131 Å². The van der Waals surface area contributed by atoms with E-state index in [9.17, 15) is 0 Å². The van der Waals surface area contributed by atoms with Crippen molar-refractivity contribution < 1.29 is 0 Å². The van der Waals surface area contributed by atoms with Gasteiger partial charge in [0.15, 0.2) is 0 Å². The monoisotopic (exact) mass is 348 g/mol. The van der Waals surface area contributed by atoms with Crippen molar-refractivity contribution in [3.8, 4) is 5.69 Å². The van der Waals surface area contributed by atoms with Crippen molar-refractivity contribution in [2.24, 2.45) is 0 Å². The number of aromatic nitrogens is 2. The van der Waals surface area contributed by atoms with Gasteiger partial charge < -0.3 is 0 Å². The van der Waals surface area contributed by atoms with Crippen molar-refractivity contribution in [1.82, 2.24) is 9.55 Å². The second-order valence-electron chi connectivity index (χ2n) is 4.72. The van der Waals surface area contributed by atoms with Crippen molar-refractivity contribution in [1.29, 1.82) is 0 Å². The normalized spacial score (nSPS) is 11.2. The number of benzene rings is 2. The molecule has 3 rings (SSSR count). The molecule has 1 heterocycles. The third kappa shape index (κ3) is 2.36. The first kappa shape index (κ1) is 13.7. The van der Waals surface area contributed by atoms with Crippen LogP contribution in [-0.4, -0.2) is 15.4 Å². The van der Waals surface area contributed by atoms with Gasteiger partial charge in [-0.2, -0.15) is 0 Å². The van der Waals surface area contributed by atoms with Gasteiger partial charge in [0.2, 0.25) is 0 Å². The summed E-state index contributed by atoms with van der Waals surface area (Å²) in [6.45, 7) is 2.11. The molecule has 2 aromatic carbocycles. The van der Waals surface area contributed by atoms with Crippen molar-refractivity contribution >= 4 is 38.6 Å². The van der Waals surface area contributed by atoms with Crippen LogP contribution >= 0.6 is 27.5 Å². The SMILES string of the molecule is Cc1ccc(Br)cc1-n1c(CCCl)nc2ccccc21. The van der Waals surface area contributed by atoms with Crippen LogP contribution in [0.1, 0.15) is 11.4 Å². The molecule has 0 fully saturated rings. The lowest BCUT2D eigenvalue weighted by Crippen LogP contribution is -2.04. The van der Waals surface area contributed by atoms with E-state index in [0.29, 0.717) is 5.88 Å². The van der Waals surface area contributed by atoms with E-state index in [0.717, 1.165) is 33.4 Å². The van der Waals surface area contributed by atoms with E-state index in [1.165, 1.54) is 5.56 Å². The Kier molecular flexibility index (Phi) is 3.81. The van der Waals surface area contributed by atoms with Crippen LogP contribution in [0.5, 0.6) is 0 Å². The van der Waals surface area contributed by atoms with Crippen LogP contribution in [0.3, 0.4) is 0 Å². The zero-order valence-electron chi connectivity index (χ0n) is 11.1. The summed E-state index contributed by atoms with van der Waals surface area (Å²) in [6.07, 6.45) is 0.752. The Bertz CT molecular complexity index is 764. The van der Waals surface area contributed by atoms with Gasteiger partial charge in [0.25, 0.3) is 0 Å². The van der Waals surface area contributed by atoms with Gasteiger partial charge in [-0.15, -0.1) is 11.6 Å². The molecule has 1 aromatic heterocycles. The van der Waals surface area contributed by atoms with Crippen molar-refractivity contribution in [3.63, 3.8) is 0 Å². The number of nitrogens with zero attached hydrogens (tertiary/aromatic N) is 2. The molecule has 0 unspecified atom stereocenters. The Hall–Kier alpha value is -1.32. The number of hydrogen-bond donors (Lipinski definition) is 0. The van der Waals surface area contributed by atoms with Crippen LogP contribution in [0.15, 0.2) is 46.9 Å². The molecule has 0 spiro atoms. The molecule has 0 radical (unpaired) electrons. The first-order valence-electron chi connectivity index (χ1n) is 6.49. The van der Waals surface area contributed by atoms with E-state index in [-0.39, 0.29) is 0 Å². The topological polar surface area (TPSA) is 17.8 Å². The lowest BCUT2D eigenvalue weighted by Gasteiger charge is -2.12. The highest BCUT2D eigenvalue weighted by molar-refractivity contribution is 9.10. The fourth-order valence-corrected chi connectivity index (χ4v) is 2.94. The second-order valence-corrected chi connectivity index (χ2v) is 6.02. The maximum atomic E-state index is 5.93. The van der Waals surface area contributed by atoms with E-state index in [1.807, 2.05) is 18.2 Å². The molecule has 0 N–H and O–H groups in total. The molecule has 0 bridgehead atoms. The Balaban J connectivity index is 2.33. The summed E-state index contributed by atoms with van der Waals surface area (Å²) in [5.74, 6) is 1.57.